The molecule has 8 heteroatoms. The normalized spacial score (nSPS) is 13.6. The molecule has 0 saturated heterocycles. The van der Waals surface area contributed by atoms with Gasteiger partial charge in [-0.1, -0.05) is 36.4 Å². The Morgan fingerprint density at radius 3 is 2.24 bits per heavy atom. The van der Waals surface area contributed by atoms with E-state index in [1.165, 1.54) is 42.5 Å². The molecule has 4 rings (SSSR count). The van der Waals surface area contributed by atoms with Crippen molar-refractivity contribution in [1.82, 2.24) is 4.90 Å². The number of nitrogens with zero attached hydrogens (tertiary/aromatic N) is 3. The first kappa shape index (κ1) is 21.9. The minimum absolute atomic E-state index is 0.121. The molecule has 0 bridgehead atoms. The highest BCUT2D eigenvalue weighted by molar-refractivity contribution is 6.45. The molecule has 0 aliphatic carbocycles. The van der Waals surface area contributed by atoms with E-state index in [-0.39, 0.29) is 22.6 Å². The zero-order valence-corrected chi connectivity index (χ0v) is 17.8. The Bertz CT molecular complexity index is 1260. The minimum Gasteiger partial charge on any atom is -0.362 e. The second-order valence-corrected chi connectivity index (χ2v) is 7.45. The van der Waals surface area contributed by atoms with Gasteiger partial charge in [0.05, 0.1) is 16.2 Å². The first-order chi connectivity index (χ1) is 15.9. The summed E-state index contributed by atoms with van der Waals surface area (Å²) >= 11 is 0. The number of hydrogen-bond donors (Lipinski definition) is 0. The molecule has 0 fully saturated rings. The zero-order valence-electron chi connectivity index (χ0n) is 17.8. The van der Waals surface area contributed by atoms with Gasteiger partial charge in [0, 0.05) is 25.2 Å². The monoisotopic (exact) mass is 445 g/mol. The Kier molecular flexibility index (Phi) is 5.99. The van der Waals surface area contributed by atoms with E-state index in [0.717, 1.165) is 16.5 Å². The fourth-order valence-electron chi connectivity index (χ4n) is 3.82. The third kappa shape index (κ3) is 4.23. The lowest BCUT2D eigenvalue weighted by molar-refractivity contribution is -0.384. The van der Waals surface area contributed by atoms with Crippen molar-refractivity contribution in [2.45, 2.75) is 13.5 Å². The van der Waals surface area contributed by atoms with Crippen molar-refractivity contribution in [3.05, 3.63) is 112 Å². The van der Waals surface area contributed by atoms with Crippen LogP contribution in [0.4, 0.5) is 15.8 Å². The van der Waals surface area contributed by atoms with E-state index in [1.807, 2.05) is 37.3 Å². The van der Waals surface area contributed by atoms with E-state index >= 15 is 0 Å². The van der Waals surface area contributed by atoms with Crippen LogP contribution in [0, 0.1) is 15.9 Å². The lowest BCUT2D eigenvalue weighted by atomic mass is 10.0. The van der Waals surface area contributed by atoms with Crippen LogP contribution in [0.1, 0.15) is 18.1 Å². The number of imide groups is 1. The standard InChI is InChI=1S/C25H20FN3O4/c1-2-27(16-17-7-4-3-5-8-17)23-22(18-11-13-20(14-12-18)29(32)33)24(30)28(25(23)31)21-10-6-9-19(26)15-21/h3-15H,2,16H2,1H3. The van der Waals surface area contributed by atoms with E-state index < -0.39 is 22.6 Å². The largest absolute Gasteiger partial charge is 0.362 e. The number of hydrogen-bond acceptors (Lipinski definition) is 5. The van der Waals surface area contributed by atoms with Crippen molar-refractivity contribution in [1.29, 1.82) is 0 Å². The summed E-state index contributed by atoms with van der Waals surface area (Å²) in [6, 6.07) is 20.2. The number of anilines is 1. The molecule has 166 valence electrons. The van der Waals surface area contributed by atoms with E-state index in [2.05, 4.69) is 0 Å². The van der Waals surface area contributed by atoms with Crippen LogP contribution < -0.4 is 4.90 Å². The molecule has 0 N–H and O–H groups in total. The van der Waals surface area contributed by atoms with Crippen LogP contribution in [0.5, 0.6) is 0 Å². The fourth-order valence-corrected chi connectivity index (χ4v) is 3.82. The molecule has 3 aromatic carbocycles. The van der Waals surface area contributed by atoms with Crippen molar-refractivity contribution in [3.63, 3.8) is 0 Å². The summed E-state index contributed by atoms with van der Waals surface area (Å²) < 4.78 is 13.9. The summed E-state index contributed by atoms with van der Waals surface area (Å²) in [6.07, 6.45) is 0. The number of non-ortho nitro benzene ring substituents is 1. The summed E-state index contributed by atoms with van der Waals surface area (Å²) in [5.74, 6) is -1.76. The van der Waals surface area contributed by atoms with Gasteiger partial charge in [-0.2, -0.15) is 0 Å². The highest BCUT2D eigenvalue weighted by Crippen LogP contribution is 2.36. The number of carbonyl (C=O) groups is 2. The number of benzene rings is 3. The molecule has 0 unspecified atom stereocenters. The van der Waals surface area contributed by atoms with Crippen LogP contribution >= 0.6 is 0 Å². The molecule has 0 radical (unpaired) electrons. The quantitative estimate of drug-likeness (QED) is 0.303. The molecule has 1 heterocycles. The highest BCUT2D eigenvalue weighted by atomic mass is 19.1. The van der Waals surface area contributed by atoms with Crippen LogP contribution in [0.15, 0.2) is 84.6 Å². The third-order valence-electron chi connectivity index (χ3n) is 5.41. The maximum Gasteiger partial charge on any atom is 0.282 e. The third-order valence-corrected chi connectivity index (χ3v) is 5.41. The average molecular weight is 445 g/mol. The van der Waals surface area contributed by atoms with Crippen LogP contribution in [0.25, 0.3) is 5.57 Å². The lowest BCUT2D eigenvalue weighted by Crippen LogP contribution is -2.35. The SMILES string of the molecule is CCN(Cc1ccccc1)C1=C(c2ccc([N+](=O)[O-])cc2)C(=O)N(c2cccc(F)c2)C1=O. The lowest BCUT2D eigenvalue weighted by Gasteiger charge is -2.25. The smallest absolute Gasteiger partial charge is 0.282 e. The minimum atomic E-state index is -0.610. The Morgan fingerprint density at radius 1 is 0.939 bits per heavy atom. The molecular weight excluding hydrogens is 425 g/mol. The molecule has 0 saturated carbocycles. The molecule has 33 heavy (non-hydrogen) atoms. The van der Waals surface area contributed by atoms with Crippen molar-refractivity contribution in [2.75, 3.05) is 11.4 Å². The number of carbonyl (C=O) groups excluding carboxylic acids is 2. The van der Waals surface area contributed by atoms with Crippen molar-refractivity contribution >= 4 is 28.8 Å². The van der Waals surface area contributed by atoms with Crippen molar-refractivity contribution < 1.29 is 18.9 Å². The Labute approximate surface area is 189 Å². The molecular formula is C25H20FN3O4. The van der Waals surface area contributed by atoms with Gasteiger partial charge in [-0.3, -0.25) is 19.7 Å². The van der Waals surface area contributed by atoms with Gasteiger partial charge in [-0.15, -0.1) is 0 Å². The summed E-state index contributed by atoms with van der Waals surface area (Å²) in [5, 5.41) is 11.1. The van der Waals surface area contributed by atoms with Crippen molar-refractivity contribution in [3.8, 4) is 0 Å². The number of likely N-dealkylation sites (N-methyl/N-ethyl adjacent to an activating group) is 1. The molecule has 1 aliphatic rings. The Hall–Kier alpha value is -4.33. The van der Waals surface area contributed by atoms with Gasteiger partial charge < -0.3 is 4.90 Å². The molecule has 1 aliphatic heterocycles. The van der Waals surface area contributed by atoms with E-state index in [9.17, 15) is 24.1 Å². The number of amides is 2. The second kappa shape index (κ2) is 9.04. The van der Waals surface area contributed by atoms with Gasteiger partial charge in [0.2, 0.25) is 0 Å². The average Bonchev–Trinajstić information content (AvgIpc) is 3.08. The fraction of sp³-hybridized carbons (Fsp3) is 0.120. The van der Waals surface area contributed by atoms with Crippen LogP contribution in [-0.2, 0) is 16.1 Å². The van der Waals surface area contributed by atoms with Crippen LogP contribution in [0.3, 0.4) is 0 Å². The Morgan fingerprint density at radius 2 is 1.64 bits per heavy atom. The number of halogens is 1. The summed E-state index contributed by atoms with van der Waals surface area (Å²) in [4.78, 5) is 40.3. The highest BCUT2D eigenvalue weighted by Gasteiger charge is 2.42. The van der Waals surface area contributed by atoms with Crippen molar-refractivity contribution in [2.24, 2.45) is 0 Å². The second-order valence-electron chi connectivity index (χ2n) is 7.45. The predicted molar refractivity (Wildman–Crippen MR) is 121 cm³/mol. The van der Waals surface area contributed by atoms with Crippen LogP contribution in [0.2, 0.25) is 0 Å². The number of nitro groups is 1. The van der Waals surface area contributed by atoms with Gasteiger partial charge in [-0.25, -0.2) is 9.29 Å². The van der Waals surface area contributed by atoms with Gasteiger partial charge in [-0.05, 0) is 48.4 Å². The first-order valence-corrected chi connectivity index (χ1v) is 10.3. The summed E-state index contributed by atoms with van der Waals surface area (Å²) in [6.45, 7) is 2.67. The topological polar surface area (TPSA) is 83.8 Å². The van der Waals surface area contributed by atoms with Gasteiger partial charge >= 0.3 is 0 Å². The van der Waals surface area contributed by atoms with Crippen LogP contribution in [-0.4, -0.2) is 28.2 Å². The first-order valence-electron chi connectivity index (χ1n) is 10.3. The van der Waals surface area contributed by atoms with Gasteiger partial charge in [0.1, 0.15) is 11.5 Å². The zero-order chi connectivity index (χ0) is 23.5. The molecule has 2 amide bonds. The Balaban J connectivity index is 1.84. The molecule has 0 atom stereocenters. The molecule has 0 aromatic heterocycles. The molecule has 0 spiro atoms. The van der Waals surface area contributed by atoms with E-state index in [1.54, 1.807) is 4.90 Å². The maximum atomic E-state index is 13.9. The van der Waals surface area contributed by atoms with E-state index in [0.29, 0.717) is 18.7 Å². The maximum absolute atomic E-state index is 13.9. The number of nitro benzene ring substituents is 1. The summed E-state index contributed by atoms with van der Waals surface area (Å²) in [7, 11) is 0. The molecule has 3 aromatic rings. The van der Waals surface area contributed by atoms with Gasteiger partial charge in [0.15, 0.2) is 0 Å². The van der Waals surface area contributed by atoms with E-state index in [4.69, 9.17) is 0 Å². The summed E-state index contributed by atoms with van der Waals surface area (Å²) in [5.41, 5.74) is 1.60. The van der Waals surface area contributed by atoms with Gasteiger partial charge in [0.25, 0.3) is 17.5 Å². The number of rotatable bonds is 7. The predicted octanol–water partition coefficient (Wildman–Crippen LogP) is 4.54. The molecule has 7 nitrogen and oxygen atoms in total.